The van der Waals surface area contributed by atoms with Crippen molar-refractivity contribution in [2.75, 3.05) is 13.2 Å². The van der Waals surface area contributed by atoms with Crippen LogP contribution in [0.15, 0.2) is 18.6 Å². The molecule has 0 spiro atoms. The van der Waals surface area contributed by atoms with Crippen molar-refractivity contribution in [3.8, 4) is 10.4 Å². The van der Waals surface area contributed by atoms with Crippen molar-refractivity contribution in [3.63, 3.8) is 0 Å². The number of nitrogens with zero attached hydrogens (tertiary/aromatic N) is 4. The summed E-state index contributed by atoms with van der Waals surface area (Å²) in [4.78, 5) is 42.1. The van der Waals surface area contributed by atoms with Gasteiger partial charge in [0.25, 0.3) is 5.91 Å². The van der Waals surface area contributed by atoms with Crippen LogP contribution in [0.5, 0.6) is 0 Å². The number of thiazole rings is 1. The summed E-state index contributed by atoms with van der Waals surface area (Å²) < 4.78 is 5.63. The molecule has 4 heterocycles. The van der Waals surface area contributed by atoms with Gasteiger partial charge in [-0.2, -0.15) is 0 Å². The van der Waals surface area contributed by atoms with Crippen molar-refractivity contribution >= 4 is 34.8 Å². The molecular weight excluding hydrogens is 478 g/mol. The third-order valence-electron chi connectivity index (χ3n) is 7.00. The van der Waals surface area contributed by atoms with Gasteiger partial charge in [-0.05, 0) is 25.7 Å². The van der Waals surface area contributed by atoms with E-state index in [2.05, 4.69) is 20.3 Å². The normalized spacial score (nSPS) is 28.0. The van der Waals surface area contributed by atoms with Crippen molar-refractivity contribution in [1.29, 1.82) is 0 Å². The fourth-order valence-corrected chi connectivity index (χ4v) is 6.41. The van der Waals surface area contributed by atoms with Crippen LogP contribution in [-0.2, 0) is 9.53 Å². The maximum atomic E-state index is 13.8. The number of likely N-dealkylation sites (tertiary alicyclic amines) is 1. The van der Waals surface area contributed by atoms with Crippen LogP contribution in [-0.4, -0.2) is 79.6 Å². The molecule has 5 atom stereocenters. The summed E-state index contributed by atoms with van der Waals surface area (Å²) in [6.07, 6.45) is 8.77. The number of hydrogen-bond donors (Lipinski definition) is 2. The van der Waals surface area contributed by atoms with Gasteiger partial charge < -0.3 is 20.1 Å². The first-order chi connectivity index (χ1) is 16.4. The highest BCUT2D eigenvalue weighted by atomic mass is 35.5. The summed E-state index contributed by atoms with van der Waals surface area (Å²) in [7, 11) is 0. The maximum Gasteiger partial charge on any atom is 0.280 e. The molecule has 0 bridgehead atoms. The topological polar surface area (TPSA) is 118 Å². The van der Waals surface area contributed by atoms with Gasteiger partial charge in [0.05, 0.1) is 29.0 Å². The fraction of sp³-hybridized carbons (Fsp3) is 0.609. The van der Waals surface area contributed by atoms with Crippen LogP contribution in [0.3, 0.4) is 0 Å². The highest BCUT2D eigenvalue weighted by Gasteiger charge is 2.53. The SMILES string of the molecule is Cc1ncc(-c2cnc(C(=O)N[C@H](C(=O)N3C[C@H](Cl)[C@H]4OC[C@H](O)[C@H]43)C3CCCCC3)s2)cn1. The summed E-state index contributed by atoms with van der Waals surface area (Å²) in [5.74, 6) is 0.116. The molecule has 2 aromatic heterocycles. The standard InChI is InChI=1S/C23H28ClN5O4S/c1-12-25-7-14(8-26-12)17-9-27-22(34-17)21(31)28-18(13-5-3-2-4-6-13)23(32)29-10-15(24)20-19(29)16(30)11-33-20/h7-9,13,15-16,18-20,30H,2-6,10-11H2,1H3,(H,28,31)/t15-,16-,18-,19+,20+/m0/s1. The number of aliphatic hydroxyl groups excluding tert-OH is 1. The highest BCUT2D eigenvalue weighted by Crippen LogP contribution is 2.35. The molecule has 1 saturated carbocycles. The molecule has 2 aliphatic heterocycles. The molecule has 5 rings (SSSR count). The van der Waals surface area contributed by atoms with E-state index in [1.807, 2.05) is 6.92 Å². The Bertz CT molecular complexity index is 1040. The Labute approximate surface area is 206 Å². The largest absolute Gasteiger partial charge is 0.388 e. The van der Waals surface area contributed by atoms with Crippen molar-refractivity contribution in [1.82, 2.24) is 25.2 Å². The zero-order valence-electron chi connectivity index (χ0n) is 18.9. The van der Waals surface area contributed by atoms with E-state index in [-0.39, 0.29) is 40.8 Å². The number of aromatic nitrogens is 3. The highest BCUT2D eigenvalue weighted by molar-refractivity contribution is 7.16. The van der Waals surface area contributed by atoms with E-state index in [1.165, 1.54) is 11.3 Å². The van der Waals surface area contributed by atoms with Gasteiger partial charge in [-0.3, -0.25) is 9.59 Å². The number of carbonyl (C=O) groups is 2. The molecule has 1 aliphatic carbocycles. The van der Waals surface area contributed by atoms with Crippen LogP contribution in [0.4, 0.5) is 0 Å². The smallest absolute Gasteiger partial charge is 0.280 e. The minimum absolute atomic E-state index is 0.0300. The monoisotopic (exact) mass is 505 g/mol. The van der Waals surface area contributed by atoms with Crippen molar-refractivity contribution in [2.24, 2.45) is 5.92 Å². The van der Waals surface area contributed by atoms with Gasteiger partial charge in [0.1, 0.15) is 18.0 Å². The average molecular weight is 506 g/mol. The average Bonchev–Trinajstić information content (AvgIpc) is 3.56. The minimum atomic E-state index is -0.779. The Hall–Kier alpha value is -2.14. The number of halogens is 1. The van der Waals surface area contributed by atoms with Crippen LogP contribution in [0.25, 0.3) is 10.4 Å². The van der Waals surface area contributed by atoms with Crippen LogP contribution >= 0.6 is 22.9 Å². The van der Waals surface area contributed by atoms with Gasteiger partial charge in [-0.1, -0.05) is 19.3 Å². The van der Waals surface area contributed by atoms with E-state index < -0.39 is 18.2 Å². The second-order valence-corrected chi connectivity index (χ2v) is 10.9. The predicted octanol–water partition coefficient (Wildman–Crippen LogP) is 2.17. The number of aliphatic hydroxyl groups is 1. The van der Waals surface area contributed by atoms with E-state index in [0.29, 0.717) is 12.4 Å². The predicted molar refractivity (Wildman–Crippen MR) is 127 cm³/mol. The number of rotatable bonds is 5. The van der Waals surface area contributed by atoms with Gasteiger partial charge in [-0.25, -0.2) is 15.0 Å². The first-order valence-corrected chi connectivity index (χ1v) is 13.0. The molecule has 3 fully saturated rings. The van der Waals surface area contributed by atoms with E-state index in [4.69, 9.17) is 16.3 Å². The first kappa shape index (κ1) is 23.6. The van der Waals surface area contributed by atoms with Gasteiger partial charge in [-0.15, -0.1) is 22.9 Å². The van der Waals surface area contributed by atoms with Crippen LogP contribution in [0.1, 0.15) is 47.7 Å². The van der Waals surface area contributed by atoms with Gasteiger partial charge in [0.2, 0.25) is 5.91 Å². The molecule has 2 N–H and O–H groups in total. The van der Waals surface area contributed by atoms with Crippen LogP contribution < -0.4 is 5.32 Å². The zero-order chi connectivity index (χ0) is 23.8. The number of ether oxygens (including phenoxy) is 1. The van der Waals surface area contributed by atoms with Gasteiger partial charge in [0.15, 0.2) is 5.01 Å². The summed E-state index contributed by atoms with van der Waals surface area (Å²) in [5, 5.41) is 13.3. The van der Waals surface area contributed by atoms with Crippen molar-refractivity contribution < 1.29 is 19.4 Å². The summed E-state index contributed by atoms with van der Waals surface area (Å²) in [6, 6.07) is -1.18. The molecule has 9 nitrogen and oxygen atoms in total. The molecular formula is C23H28ClN5O4S. The summed E-state index contributed by atoms with van der Waals surface area (Å²) in [6.45, 7) is 2.26. The second-order valence-electron chi connectivity index (χ2n) is 9.26. The lowest BCUT2D eigenvalue weighted by atomic mass is 9.83. The number of amides is 2. The molecule has 182 valence electrons. The van der Waals surface area contributed by atoms with Crippen LogP contribution in [0.2, 0.25) is 0 Å². The van der Waals surface area contributed by atoms with Crippen LogP contribution in [0, 0.1) is 12.8 Å². The van der Waals surface area contributed by atoms with E-state index in [0.717, 1.165) is 42.5 Å². The van der Waals surface area contributed by atoms with Gasteiger partial charge >= 0.3 is 0 Å². The molecule has 3 aliphatic rings. The number of aryl methyl sites for hydroxylation is 1. The second kappa shape index (κ2) is 9.85. The molecule has 0 aromatic carbocycles. The fourth-order valence-electron chi connectivity index (χ4n) is 5.24. The quantitative estimate of drug-likeness (QED) is 0.598. The lowest BCUT2D eigenvalue weighted by Crippen LogP contribution is -2.56. The number of hydrogen-bond acceptors (Lipinski definition) is 8. The summed E-state index contributed by atoms with van der Waals surface area (Å²) in [5.41, 5.74) is 0.786. The third-order valence-corrected chi connectivity index (χ3v) is 8.43. The Morgan fingerprint density at radius 3 is 2.68 bits per heavy atom. The molecule has 2 aromatic rings. The molecule has 2 saturated heterocycles. The number of fused-ring (bicyclic) bond motifs is 1. The Kier molecular flexibility index (Phi) is 6.83. The molecule has 11 heteroatoms. The van der Waals surface area contributed by atoms with E-state index >= 15 is 0 Å². The van der Waals surface area contributed by atoms with Crippen molar-refractivity contribution in [2.45, 2.75) is 68.7 Å². The molecule has 2 amide bonds. The third kappa shape index (κ3) is 4.56. The van der Waals surface area contributed by atoms with E-state index in [9.17, 15) is 14.7 Å². The Morgan fingerprint density at radius 1 is 1.21 bits per heavy atom. The first-order valence-electron chi connectivity index (χ1n) is 11.7. The summed E-state index contributed by atoms with van der Waals surface area (Å²) >= 11 is 7.68. The minimum Gasteiger partial charge on any atom is -0.388 e. The number of carbonyl (C=O) groups excluding carboxylic acids is 2. The zero-order valence-corrected chi connectivity index (χ0v) is 20.5. The Balaban J connectivity index is 1.36. The van der Waals surface area contributed by atoms with E-state index in [1.54, 1.807) is 23.5 Å². The van der Waals surface area contributed by atoms with Crippen molar-refractivity contribution in [3.05, 3.63) is 29.4 Å². The maximum absolute atomic E-state index is 13.8. The molecule has 34 heavy (non-hydrogen) atoms. The van der Waals surface area contributed by atoms with Gasteiger partial charge in [0, 0.05) is 30.7 Å². The number of nitrogens with one attached hydrogen (secondary N) is 1. The number of alkyl halides is 1. The lowest BCUT2D eigenvalue weighted by molar-refractivity contribution is -0.137. The lowest BCUT2D eigenvalue weighted by Gasteiger charge is -2.35. The Morgan fingerprint density at radius 2 is 1.94 bits per heavy atom. The molecule has 0 radical (unpaired) electrons. The molecule has 0 unspecified atom stereocenters.